The summed E-state index contributed by atoms with van der Waals surface area (Å²) in [5.74, 6) is 1.40. The molecule has 0 amide bonds. The van der Waals surface area contributed by atoms with Crippen LogP contribution in [0.2, 0.25) is 5.02 Å². The Balaban J connectivity index is 2.12. The van der Waals surface area contributed by atoms with Gasteiger partial charge in [0.25, 0.3) is 0 Å². The fourth-order valence-electron chi connectivity index (χ4n) is 2.12. The highest BCUT2D eigenvalue weighted by Crippen LogP contribution is 2.29. The van der Waals surface area contributed by atoms with Gasteiger partial charge < -0.3 is 0 Å². The Morgan fingerprint density at radius 1 is 1.65 bits per heavy atom. The van der Waals surface area contributed by atoms with Crippen LogP contribution in [0.15, 0.2) is 0 Å². The first kappa shape index (κ1) is 13.0. The summed E-state index contributed by atoms with van der Waals surface area (Å²) in [7, 11) is 1.86. The third kappa shape index (κ3) is 2.68. The van der Waals surface area contributed by atoms with Crippen molar-refractivity contribution in [2.75, 3.05) is 5.75 Å². The number of thioether (sulfide) groups is 1. The Morgan fingerprint density at radius 3 is 2.94 bits per heavy atom. The molecule has 1 aromatic heterocycles. The lowest BCUT2D eigenvalue weighted by Gasteiger charge is -2.07. The molecule has 1 aromatic rings. The van der Waals surface area contributed by atoms with Crippen molar-refractivity contribution in [3.63, 3.8) is 0 Å². The SMILES string of the molecule is CCc1nn(C)c(CC(=O)C2CCCS2)c1Cl. The Labute approximate surface area is 111 Å². The Kier molecular flexibility index (Phi) is 4.15. The lowest BCUT2D eigenvalue weighted by atomic mass is 10.1. The van der Waals surface area contributed by atoms with E-state index in [1.807, 2.05) is 14.0 Å². The van der Waals surface area contributed by atoms with Crippen molar-refractivity contribution in [1.82, 2.24) is 9.78 Å². The van der Waals surface area contributed by atoms with E-state index in [0.717, 1.165) is 36.4 Å². The molecule has 94 valence electrons. The third-order valence-electron chi connectivity index (χ3n) is 3.13. The standard InChI is InChI=1S/C12H17ClN2OS/c1-3-8-12(13)9(15(2)14-8)7-10(16)11-5-4-6-17-11/h11H,3-7H2,1-2H3. The summed E-state index contributed by atoms with van der Waals surface area (Å²) < 4.78 is 1.75. The monoisotopic (exact) mass is 272 g/mol. The maximum absolute atomic E-state index is 12.1. The summed E-state index contributed by atoms with van der Waals surface area (Å²) in [5, 5.41) is 5.18. The van der Waals surface area contributed by atoms with Crippen LogP contribution >= 0.6 is 23.4 Å². The second kappa shape index (κ2) is 5.44. The highest BCUT2D eigenvalue weighted by Gasteiger charge is 2.25. The molecule has 2 rings (SSSR count). The van der Waals surface area contributed by atoms with E-state index in [4.69, 9.17) is 11.6 Å². The number of aryl methyl sites for hydroxylation is 2. The van der Waals surface area contributed by atoms with Crippen LogP contribution in [0.1, 0.15) is 31.2 Å². The first-order valence-electron chi connectivity index (χ1n) is 5.98. The van der Waals surface area contributed by atoms with Crippen molar-refractivity contribution in [2.24, 2.45) is 7.05 Å². The van der Waals surface area contributed by atoms with Gasteiger partial charge in [0.05, 0.1) is 28.1 Å². The molecule has 5 heteroatoms. The summed E-state index contributed by atoms with van der Waals surface area (Å²) in [5.41, 5.74) is 1.75. The summed E-state index contributed by atoms with van der Waals surface area (Å²) >= 11 is 8.01. The number of hydrogen-bond donors (Lipinski definition) is 0. The zero-order valence-electron chi connectivity index (χ0n) is 10.2. The smallest absolute Gasteiger partial charge is 0.151 e. The normalized spacial score (nSPS) is 19.8. The zero-order chi connectivity index (χ0) is 12.4. The number of carbonyl (C=O) groups is 1. The highest BCUT2D eigenvalue weighted by atomic mass is 35.5. The number of hydrogen-bond acceptors (Lipinski definition) is 3. The van der Waals surface area contributed by atoms with E-state index in [0.29, 0.717) is 17.2 Å². The molecule has 0 bridgehead atoms. The maximum Gasteiger partial charge on any atom is 0.151 e. The molecule has 0 radical (unpaired) electrons. The summed E-state index contributed by atoms with van der Waals surface area (Å²) in [6, 6.07) is 0. The van der Waals surface area contributed by atoms with Gasteiger partial charge in [-0.15, -0.1) is 0 Å². The Bertz CT molecular complexity index is 424. The molecule has 1 aliphatic heterocycles. The van der Waals surface area contributed by atoms with Gasteiger partial charge in [0, 0.05) is 7.05 Å². The first-order chi connectivity index (χ1) is 8.13. The number of Topliss-reactive ketones (excluding diaryl/α,β-unsaturated/α-hetero) is 1. The van der Waals surface area contributed by atoms with Gasteiger partial charge in [-0.3, -0.25) is 9.48 Å². The van der Waals surface area contributed by atoms with E-state index in [2.05, 4.69) is 5.10 Å². The van der Waals surface area contributed by atoms with Crippen molar-refractivity contribution < 1.29 is 4.79 Å². The number of nitrogens with zero attached hydrogens (tertiary/aromatic N) is 2. The summed E-state index contributed by atoms with van der Waals surface area (Å²) in [6.07, 6.45) is 3.39. The minimum atomic E-state index is 0.172. The fraction of sp³-hybridized carbons (Fsp3) is 0.667. The van der Waals surface area contributed by atoms with Crippen molar-refractivity contribution >= 4 is 29.1 Å². The van der Waals surface area contributed by atoms with Crippen LogP contribution in [-0.4, -0.2) is 26.6 Å². The van der Waals surface area contributed by atoms with Gasteiger partial charge in [-0.2, -0.15) is 16.9 Å². The molecule has 1 aliphatic rings. The van der Waals surface area contributed by atoms with Gasteiger partial charge in [0.15, 0.2) is 5.78 Å². The Morgan fingerprint density at radius 2 is 2.41 bits per heavy atom. The quantitative estimate of drug-likeness (QED) is 0.845. The molecule has 1 atom stereocenters. The second-order valence-electron chi connectivity index (χ2n) is 4.33. The minimum Gasteiger partial charge on any atom is -0.298 e. The number of aromatic nitrogens is 2. The average molecular weight is 273 g/mol. The Hall–Kier alpha value is -0.480. The summed E-state index contributed by atoms with van der Waals surface area (Å²) in [4.78, 5) is 12.1. The predicted octanol–water partition coefficient (Wildman–Crippen LogP) is 2.64. The molecule has 0 aromatic carbocycles. The lowest BCUT2D eigenvalue weighted by molar-refractivity contribution is -0.118. The number of rotatable bonds is 4. The van der Waals surface area contributed by atoms with E-state index in [9.17, 15) is 4.79 Å². The van der Waals surface area contributed by atoms with E-state index < -0.39 is 0 Å². The largest absolute Gasteiger partial charge is 0.298 e. The lowest BCUT2D eigenvalue weighted by Crippen LogP contribution is -2.18. The van der Waals surface area contributed by atoms with Gasteiger partial charge in [-0.25, -0.2) is 0 Å². The van der Waals surface area contributed by atoms with E-state index in [1.54, 1.807) is 16.4 Å². The molecule has 0 aliphatic carbocycles. The van der Waals surface area contributed by atoms with Crippen LogP contribution in [0.4, 0.5) is 0 Å². The van der Waals surface area contributed by atoms with Crippen molar-refractivity contribution in [1.29, 1.82) is 0 Å². The van der Waals surface area contributed by atoms with Gasteiger partial charge in [0.1, 0.15) is 0 Å². The molecule has 2 heterocycles. The molecule has 1 saturated heterocycles. The molecule has 1 fully saturated rings. The van der Waals surface area contributed by atoms with E-state index in [-0.39, 0.29) is 5.25 Å². The molecule has 17 heavy (non-hydrogen) atoms. The zero-order valence-corrected chi connectivity index (χ0v) is 11.8. The average Bonchev–Trinajstić information content (AvgIpc) is 2.92. The molecule has 0 spiro atoms. The molecule has 0 saturated carbocycles. The molecule has 0 N–H and O–H groups in total. The molecular formula is C12H17ClN2OS. The highest BCUT2D eigenvalue weighted by molar-refractivity contribution is 8.00. The summed E-state index contributed by atoms with van der Waals surface area (Å²) in [6.45, 7) is 2.02. The van der Waals surface area contributed by atoms with Gasteiger partial charge in [-0.05, 0) is 25.0 Å². The molecule has 3 nitrogen and oxygen atoms in total. The maximum atomic E-state index is 12.1. The van der Waals surface area contributed by atoms with Crippen LogP contribution in [-0.2, 0) is 24.7 Å². The van der Waals surface area contributed by atoms with Gasteiger partial charge in [0.2, 0.25) is 0 Å². The van der Waals surface area contributed by atoms with Crippen LogP contribution in [0.25, 0.3) is 0 Å². The van der Waals surface area contributed by atoms with E-state index in [1.165, 1.54) is 0 Å². The van der Waals surface area contributed by atoms with Crippen molar-refractivity contribution in [2.45, 2.75) is 37.9 Å². The number of ketones is 1. The number of halogens is 1. The number of carbonyl (C=O) groups excluding carboxylic acids is 1. The van der Waals surface area contributed by atoms with Gasteiger partial charge >= 0.3 is 0 Å². The second-order valence-corrected chi connectivity index (χ2v) is 6.02. The fourth-order valence-corrected chi connectivity index (χ4v) is 3.70. The van der Waals surface area contributed by atoms with Crippen LogP contribution in [0.5, 0.6) is 0 Å². The topological polar surface area (TPSA) is 34.9 Å². The van der Waals surface area contributed by atoms with Crippen molar-refractivity contribution in [3.8, 4) is 0 Å². The molecule has 1 unspecified atom stereocenters. The van der Waals surface area contributed by atoms with Crippen LogP contribution < -0.4 is 0 Å². The van der Waals surface area contributed by atoms with Crippen molar-refractivity contribution in [3.05, 3.63) is 16.4 Å². The van der Waals surface area contributed by atoms with E-state index >= 15 is 0 Å². The predicted molar refractivity (Wildman–Crippen MR) is 71.8 cm³/mol. The first-order valence-corrected chi connectivity index (χ1v) is 7.40. The minimum absolute atomic E-state index is 0.172. The van der Waals surface area contributed by atoms with Crippen LogP contribution in [0, 0.1) is 0 Å². The van der Waals surface area contributed by atoms with Crippen LogP contribution in [0.3, 0.4) is 0 Å². The molecular weight excluding hydrogens is 256 g/mol. The third-order valence-corrected chi connectivity index (χ3v) is 5.00. The van der Waals surface area contributed by atoms with Gasteiger partial charge in [-0.1, -0.05) is 18.5 Å².